The van der Waals surface area contributed by atoms with Gasteiger partial charge in [-0.3, -0.25) is 15.1 Å². The Labute approximate surface area is 160 Å². The molecular weight excluding hydrogens is 362 g/mol. The summed E-state index contributed by atoms with van der Waals surface area (Å²) in [5.74, 6) is -0.235. The number of anilines is 2. The van der Waals surface area contributed by atoms with Gasteiger partial charge in [0.2, 0.25) is 0 Å². The minimum atomic E-state index is -0.407. The Kier molecular flexibility index (Phi) is 5.77. The van der Waals surface area contributed by atoms with Gasteiger partial charge >= 0.3 is 6.03 Å². The third-order valence-electron chi connectivity index (χ3n) is 3.71. The van der Waals surface area contributed by atoms with Crippen LogP contribution in [0, 0.1) is 13.8 Å². The van der Waals surface area contributed by atoms with Crippen LogP contribution in [0.25, 0.3) is 0 Å². The first kappa shape index (κ1) is 18.5. The summed E-state index contributed by atoms with van der Waals surface area (Å²) in [6, 6.07) is 10.7. The Balaban J connectivity index is 1.59. The van der Waals surface area contributed by atoms with Gasteiger partial charge in [-0.15, -0.1) is 0 Å². The Hall–Kier alpha value is -3.26. The van der Waals surface area contributed by atoms with Gasteiger partial charge in [-0.05, 0) is 37.6 Å². The molecule has 1 aromatic carbocycles. The number of pyridine rings is 1. The van der Waals surface area contributed by atoms with E-state index in [4.69, 9.17) is 0 Å². The van der Waals surface area contributed by atoms with E-state index in [0.717, 1.165) is 22.5 Å². The SMILES string of the molecule is Cc1ccc(NC(=O)Nc2nc(C)c(C(=O)NCc3cccnc3)s2)cc1. The van der Waals surface area contributed by atoms with Crippen LogP contribution in [-0.4, -0.2) is 21.9 Å². The molecule has 8 heteroatoms. The normalized spacial score (nSPS) is 10.3. The number of hydrogen-bond acceptors (Lipinski definition) is 5. The summed E-state index contributed by atoms with van der Waals surface area (Å²) in [5, 5.41) is 8.59. The number of aromatic nitrogens is 2. The van der Waals surface area contributed by atoms with Gasteiger partial charge in [0.15, 0.2) is 5.13 Å². The zero-order valence-corrected chi connectivity index (χ0v) is 15.8. The highest BCUT2D eigenvalue weighted by Crippen LogP contribution is 2.23. The first-order valence-corrected chi connectivity index (χ1v) is 9.12. The molecule has 0 radical (unpaired) electrons. The lowest BCUT2D eigenvalue weighted by atomic mass is 10.2. The molecule has 0 bridgehead atoms. The van der Waals surface area contributed by atoms with Crippen molar-refractivity contribution in [1.29, 1.82) is 0 Å². The second kappa shape index (κ2) is 8.41. The van der Waals surface area contributed by atoms with Gasteiger partial charge in [-0.2, -0.15) is 0 Å². The number of urea groups is 1. The number of benzene rings is 1. The number of amides is 3. The van der Waals surface area contributed by atoms with E-state index in [0.29, 0.717) is 27.9 Å². The maximum atomic E-state index is 12.4. The van der Waals surface area contributed by atoms with Crippen molar-refractivity contribution in [2.75, 3.05) is 10.6 Å². The van der Waals surface area contributed by atoms with Crippen molar-refractivity contribution in [3.63, 3.8) is 0 Å². The summed E-state index contributed by atoms with van der Waals surface area (Å²) < 4.78 is 0. The number of hydrogen-bond donors (Lipinski definition) is 3. The highest BCUT2D eigenvalue weighted by Gasteiger charge is 2.16. The highest BCUT2D eigenvalue weighted by atomic mass is 32.1. The highest BCUT2D eigenvalue weighted by molar-refractivity contribution is 7.17. The third-order valence-corrected chi connectivity index (χ3v) is 4.78. The van der Waals surface area contributed by atoms with Crippen molar-refractivity contribution in [3.8, 4) is 0 Å². The van der Waals surface area contributed by atoms with Crippen LogP contribution in [0.4, 0.5) is 15.6 Å². The van der Waals surface area contributed by atoms with Crippen molar-refractivity contribution >= 4 is 34.1 Å². The molecule has 0 saturated carbocycles. The number of aryl methyl sites for hydroxylation is 2. The van der Waals surface area contributed by atoms with Crippen LogP contribution in [0.15, 0.2) is 48.8 Å². The third kappa shape index (κ3) is 5.11. The van der Waals surface area contributed by atoms with Crippen molar-refractivity contribution in [3.05, 3.63) is 70.5 Å². The quantitative estimate of drug-likeness (QED) is 0.627. The van der Waals surface area contributed by atoms with Crippen LogP contribution >= 0.6 is 11.3 Å². The Morgan fingerprint density at radius 1 is 1.07 bits per heavy atom. The molecule has 7 nitrogen and oxygen atoms in total. The molecule has 0 unspecified atom stereocenters. The van der Waals surface area contributed by atoms with E-state index in [-0.39, 0.29) is 5.91 Å². The fourth-order valence-electron chi connectivity index (χ4n) is 2.32. The lowest BCUT2D eigenvalue weighted by Gasteiger charge is -2.05. The zero-order chi connectivity index (χ0) is 19.2. The molecule has 3 N–H and O–H groups in total. The fourth-order valence-corrected chi connectivity index (χ4v) is 3.20. The van der Waals surface area contributed by atoms with Gasteiger partial charge in [0.05, 0.1) is 5.69 Å². The number of rotatable bonds is 5. The molecule has 2 aromatic heterocycles. The number of carbonyl (C=O) groups excluding carboxylic acids is 2. The van der Waals surface area contributed by atoms with Crippen LogP contribution in [0.5, 0.6) is 0 Å². The fraction of sp³-hybridized carbons (Fsp3) is 0.158. The summed E-state index contributed by atoms with van der Waals surface area (Å²) in [4.78, 5) is 33.2. The van der Waals surface area contributed by atoms with E-state index >= 15 is 0 Å². The number of thiazole rings is 1. The van der Waals surface area contributed by atoms with Crippen LogP contribution in [0.1, 0.15) is 26.5 Å². The Bertz CT molecular complexity index is 938. The number of nitrogens with one attached hydrogen (secondary N) is 3. The van der Waals surface area contributed by atoms with Crippen LogP contribution in [-0.2, 0) is 6.54 Å². The van der Waals surface area contributed by atoms with E-state index < -0.39 is 6.03 Å². The molecule has 0 aliphatic rings. The minimum Gasteiger partial charge on any atom is -0.347 e. The average Bonchev–Trinajstić information content (AvgIpc) is 3.02. The van der Waals surface area contributed by atoms with Crippen molar-refractivity contribution in [2.24, 2.45) is 0 Å². The van der Waals surface area contributed by atoms with Crippen LogP contribution < -0.4 is 16.0 Å². The lowest BCUT2D eigenvalue weighted by Crippen LogP contribution is -2.22. The molecule has 0 aliphatic carbocycles. The second-order valence-electron chi connectivity index (χ2n) is 5.92. The molecule has 138 valence electrons. The second-order valence-corrected chi connectivity index (χ2v) is 6.92. The average molecular weight is 381 g/mol. The Morgan fingerprint density at radius 2 is 1.85 bits per heavy atom. The van der Waals surface area contributed by atoms with Gasteiger partial charge in [-0.25, -0.2) is 9.78 Å². The molecule has 2 heterocycles. The van der Waals surface area contributed by atoms with Gasteiger partial charge < -0.3 is 10.6 Å². The first-order valence-electron chi connectivity index (χ1n) is 8.30. The number of nitrogens with zero attached hydrogens (tertiary/aromatic N) is 2. The summed E-state index contributed by atoms with van der Waals surface area (Å²) in [5.41, 5.74) is 3.26. The summed E-state index contributed by atoms with van der Waals surface area (Å²) in [6.07, 6.45) is 3.38. The van der Waals surface area contributed by atoms with Gasteiger partial charge in [0.25, 0.3) is 5.91 Å². The standard InChI is InChI=1S/C19H19N5O2S/c1-12-5-7-15(8-6-12)23-18(26)24-19-22-13(2)16(27-19)17(25)21-11-14-4-3-9-20-10-14/h3-10H,11H2,1-2H3,(H,21,25)(H2,22,23,24,26). The summed E-state index contributed by atoms with van der Waals surface area (Å²) >= 11 is 1.13. The molecule has 0 atom stereocenters. The topological polar surface area (TPSA) is 96.0 Å². The molecule has 3 rings (SSSR count). The molecular formula is C19H19N5O2S. The van der Waals surface area contributed by atoms with E-state index in [1.807, 2.05) is 43.3 Å². The summed E-state index contributed by atoms with van der Waals surface area (Å²) in [6.45, 7) is 4.09. The molecule has 0 saturated heterocycles. The zero-order valence-electron chi connectivity index (χ0n) is 14.9. The van der Waals surface area contributed by atoms with E-state index in [9.17, 15) is 9.59 Å². The van der Waals surface area contributed by atoms with Crippen molar-refractivity contribution in [1.82, 2.24) is 15.3 Å². The molecule has 0 fully saturated rings. The van der Waals surface area contributed by atoms with Gasteiger partial charge in [0.1, 0.15) is 4.88 Å². The van der Waals surface area contributed by atoms with E-state index in [1.165, 1.54) is 0 Å². The van der Waals surface area contributed by atoms with E-state index in [2.05, 4.69) is 25.9 Å². The predicted molar refractivity (Wildman–Crippen MR) is 106 cm³/mol. The maximum Gasteiger partial charge on any atom is 0.325 e. The maximum absolute atomic E-state index is 12.4. The molecule has 3 aromatic rings. The largest absolute Gasteiger partial charge is 0.347 e. The minimum absolute atomic E-state index is 0.235. The lowest BCUT2D eigenvalue weighted by molar-refractivity contribution is 0.0954. The van der Waals surface area contributed by atoms with Gasteiger partial charge in [0, 0.05) is 24.6 Å². The molecule has 3 amide bonds. The number of carbonyl (C=O) groups is 2. The first-order chi connectivity index (χ1) is 13.0. The predicted octanol–water partition coefficient (Wildman–Crippen LogP) is 3.73. The van der Waals surface area contributed by atoms with Crippen molar-refractivity contribution < 1.29 is 9.59 Å². The Morgan fingerprint density at radius 3 is 2.56 bits per heavy atom. The van der Waals surface area contributed by atoms with E-state index in [1.54, 1.807) is 19.3 Å². The molecule has 0 aliphatic heterocycles. The monoisotopic (exact) mass is 381 g/mol. The van der Waals surface area contributed by atoms with Gasteiger partial charge in [-0.1, -0.05) is 35.1 Å². The molecule has 27 heavy (non-hydrogen) atoms. The van der Waals surface area contributed by atoms with Crippen LogP contribution in [0.3, 0.4) is 0 Å². The molecule has 0 spiro atoms. The summed E-state index contributed by atoms with van der Waals surface area (Å²) in [7, 11) is 0. The smallest absolute Gasteiger partial charge is 0.325 e. The van der Waals surface area contributed by atoms with Crippen LogP contribution in [0.2, 0.25) is 0 Å². The van der Waals surface area contributed by atoms with Crippen molar-refractivity contribution in [2.45, 2.75) is 20.4 Å².